The second-order valence-corrected chi connectivity index (χ2v) is 8.55. The molecular formula is C19H26ClN3O5Si2. The first kappa shape index (κ1) is 24.4. The van der Waals surface area contributed by atoms with Gasteiger partial charge in [0.05, 0.1) is 18.7 Å². The molecule has 0 spiro atoms. The number of nitrogens with zero attached hydrogens (tertiary/aromatic N) is 2. The predicted molar refractivity (Wildman–Crippen MR) is 118 cm³/mol. The molecule has 0 bridgehead atoms. The Balaban J connectivity index is 2.13. The van der Waals surface area contributed by atoms with Crippen LogP contribution in [0.3, 0.4) is 0 Å². The molecule has 1 aromatic carbocycles. The van der Waals surface area contributed by atoms with E-state index in [1.807, 2.05) is 13.1 Å². The molecule has 0 saturated heterocycles. The predicted octanol–water partition coefficient (Wildman–Crippen LogP) is 4.00. The minimum Gasteiger partial charge on any atom is -0.497 e. The number of hydrogen-bond acceptors (Lipinski definition) is 8. The number of methoxy groups -OCH3 is 1. The molecule has 0 unspecified atom stereocenters. The Morgan fingerprint density at radius 3 is 2.50 bits per heavy atom. The lowest BCUT2D eigenvalue weighted by Gasteiger charge is -2.33. The zero-order chi connectivity index (χ0) is 22.1. The summed E-state index contributed by atoms with van der Waals surface area (Å²) in [6.07, 6.45) is 1.67. The van der Waals surface area contributed by atoms with E-state index < -0.39 is 0 Å². The minimum absolute atomic E-state index is 0.141. The summed E-state index contributed by atoms with van der Waals surface area (Å²) in [5.41, 5.74) is 5.74. The standard InChI is InChI=1S/C19H26ClN3O5Si2/c1-19(2,18(27-29-4)28-30-5)8-9-25-17-15(16(21)22-11-23-17)26-14-10-12(24-3)6-7-13(14)20/h6-7,10-11,18H,8-9H2,1-5H3,(H2,21,22,23). The summed E-state index contributed by atoms with van der Waals surface area (Å²) in [7, 11) is 2.23. The number of hydrogen-bond donors (Lipinski definition) is 1. The maximum absolute atomic E-state index is 6.24. The second kappa shape index (κ2) is 11.5. The lowest BCUT2D eigenvalue weighted by atomic mass is 9.89. The van der Waals surface area contributed by atoms with Crippen molar-refractivity contribution in [2.45, 2.75) is 39.7 Å². The van der Waals surface area contributed by atoms with E-state index in [0.717, 1.165) is 0 Å². The third-order valence-electron chi connectivity index (χ3n) is 4.22. The third-order valence-corrected chi connectivity index (χ3v) is 5.43. The number of halogens is 1. The summed E-state index contributed by atoms with van der Waals surface area (Å²) in [4.78, 5) is 8.16. The average molecular weight is 468 g/mol. The van der Waals surface area contributed by atoms with Gasteiger partial charge >= 0.3 is 0 Å². The molecule has 30 heavy (non-hydrogen) atoms. The van der Waals surface area contributed by atoms with Gasteiger partial charge in [0.25, 0.3) is 5.88 Å². The van der Waals surface area contributed by atoms with Gasteiger partial charge in [0.2, 0.25) is 25.3 Å². The van der Waals surface area contributed by atoms with E-state index in [4.69, 9.17) is 40.4 Å². The molecule has 2 aromatic rings. The van der Waals surface area contributed by atoms with Gasteiger partial charge in [-0.1, -0.05) is 25.4 Å². The van der Waals surface area contributed by atoms with Gasteiger partial charge in [-0.25, -0.2) is 4.98 Å². The van der Waals surface area contributed by atoms with Crippen molar-refractivity contribution in [3.05, 3.63) is 29.5 Å². The number of benzene rings is 1. The number of aromatic nitrogens is 2. The van der Waals surface area contributed by atoms with Gasteiger partial charge in [0, 0.05) is 11.5 Å². The Morgan fingerprint density at radius 1 is 1.17 bits per heavy atom. The number of nitrogens with two attached hydrogens (primary N) is 1. The summed E-state index contributed by atoms with van der Waals surface area (Å²) in [6, 6.07) is 5.05. The van der Waals surface area contributed by atoms with Crippen molar-refractivity contribution < 1.29 is 23.1 Å². The highest BCUT2D eigenvalue weighted by Gasteiger charge is 2.30. The SMILES string of the molecule is COc1ccc(Cl)c(Oc2c(N)ncnc2OCCC(C)(C)C(O[Si]C)O[Si]C)c1. The van der Waals surface area contributed by atoms with Crippen LogP contribution in [0.4, 0.5) is 5.82 Å². The Labute approximate surface area is 187 Å². The number of rotatable bonds is 12. The number of nitrogen functional groups attached to an aromatic ring is 1. The van der Waals surface area contributed by atoms with Crippen molar-refractivity contribution in [2.24, 2.45) is 5.41 Å². The zero-order valence-corrected chi connectivity index (χ0v) is 20.4. The molecule has 8 nitrogen and oxygen atoms in total. The molecule has 0 aliphatic carbocycles. The Hall–Kier alpha value is -1.86. The van der Waals surface area contributed by atoms with Gasteiger partial charge in [0.1, 0.15) is 24.1 Å². The third kappa shape index (κ3) is 6.57. The molecule has 2 N–H and O–H groups in total. The molecule has 4 radical (unpaired) electrons. The fourth-order valence-electron chi connectivity index (χ4n) is 2.45. The zero-order valence-electron chi connectivity index (χ0n) is 17.7. The van der Waals surface area contributed by atoms with Crippen LogP contribution in [-0.4, -0.2) is 49.5 Å². The van der Waals surface area contributed by atoms with Gasteiger partial charge in [-0.15, -0.1) is 0 Å². The van der Waals surface area contributed by atoms with Crippen LogP contribution >= 0.6 is 11.6 Å². The van der Waals surface area contributed by atoms with Gasteiger partial charge in [0.15, 0.2) is 5.82 Å². The average Bonchev–Trinajstić information content (AvgIpc) is 2.71. The van der Waals surface area contributed by atoms with E-state index in [-0.39, 0.29) is 29.2 Å². The first-order chi connectivity index (χ1) is 14.3. The van der Waals surface area contributed by atoms with Crippen molar-refractivity contribution in [2.75, 3.05) is 19.5 Å². The van der Waals surface area contributed by atoms with Crippen LogP contribution in [0.1, 0.15) is 20.3 Å². The first-order valence-electron chi connectivity index (χ1n) is 9.21. The van der Waals surface area contributed by atoms with Crippen molar-refractivity contribution in [3.8, 4) is 23.1 Å². The topological polar surface area (TPSA) is 98.0 Å². The molecule has 0 saturated carbocycles. The van der Waals surface area contributed by atoms with Crippen molar-refractivity contribution >= 4 is 36.9 Å². The second-order valence-electron chi connectivity index (χ2n) is 6.85. The molecule has 0 aliphatic heterocycles. The largest absolute Gasteiger partial charge is 0.497 e. The van der Waals surface area contributed by atoms with E-state index >= 15 is 0 Å². The highest BCUT2D eigenvalue weighted by Crippen LogP contribution is 2.39. The van der Waals surface area contributed by atoms with E-state index in [1.165, 1.54) is 6.33 Å². The molecule has 2 rings (SSSR count). The van der Waals surface area contributed by atoms with Crippen LogP contribution in [-0.2, 0) is 8.85 Å². The molecule has 0 amide bonds. The van der Waals surface area contributed by atoms with Gasteiger partial charge in [-0.05, 0) is 31.6 Å². The van der Waals surface area contributed by atoms with Crippen LogP contribution in [0, 0.1) is 5.41 Å². The smallest absolute Gasteiger partial charge is 0.263 e. The molecule has 11 heteroatoms. The highest BCUT2D eigenvalue weighted by molar-refractivity contribution is 6.32. The molecule has 162 valence electrons. The molecule has 0 aliphatic rings. The van der Waals surface area contributed by atoms with Crippen LogP contribution in [0.25, 0.3) is 0 Å². The normalized spacial score (nSPS) is 11.6. The van der Waals surface area contributed by atoms with Crippen molar-refractivity contribution in [3.63, 3.8) is 0 Å². The highest BCUT2D eigenvalue weighted by atomic mass is 35.5. The molecule has 0 fully saturated rings. The Morgan fingerprint density at radius 2 is 1.87 bits per heavy atom. The molecule has 1 aromatic heterocycles. The van der Waals surface area contributed by atoms with E-state index in [1.54, 1.807) is 25.3 Å². The molecule has 1 heterocycles. The maximum Gasteiger partial charge on any atom is 0.263 e. The summed E-state index contributed by atoms with van der Waals surface area (Å²) in [5, 5.41) is 0.393. The quantitative estimate of drug-likeness (QED) is 0.369. The van der Waals surface area contributed by atoms with Gasteiger partial charge in [-0.2, -0.15) is 4.98 Å². The number of anilines is 1. The van der Waals surface area contributed by atoms with Crippen LogP contribution < -0.4 is 19.9 Å². The fraction of sp³-hybridized carbons (Fsp3) is 0.474. The molecular weight excluding hydrogens is 442 g/mol. The summed E-state index contributed by atoms with van der Waals surface area (Å²) < 4.78 is 28.5. The van der Waals surface area contributed by atoms with Gasteiger partial charge in [-0.3, -0.25) is 0 Å². The van der Waals surface area contributed by atoms with E-state index in [9.17, 15) is 0 Å². The Kier molecular flexibility index (Phi) is 9.37. The van der Waals surface area contributed by atoms with Crippen molar-refractivity contribution in [1.82, 2.24) is 9.97 Å². The first-order valence-corrected chi connectivity index (χ1v) is 12.4. The lowest BCUT2D eigenvalue weighted by molar-refractivity contribution is -0.0856. The molecule has 0 atom stereocenters. The summed E-state index contributed by atoms with van der Waals surface area (Å²) in [5.74, 6) is 1.51. The van der Waals surface area contributed by atoms with E-state index in [2.05, 4.69) is 23.8 Å². The summed E-state index contributed by atoms with van der Waals surface area (Å²) in [6.45, 7) is 8.44. The summed E-state index contributed by atoms with van der Waals surface area (Å²) >= 11 is 6.24. The fourth-order valence-corrected chi connectivity index (χ4v) is 3.87. The number of ether oxygens (including phenoxy) is 3. The maximum atomic E-state index is 6.24. The van der Waals surface area contributed by atoms with Crippen LogP contribution in [0.2, 0.25) is 18.1 Å². The monoisotopic (exact) mass is 467 g/mol. The van der Waals surface area contributed by atoms with Crippen molar-refractivity contribution in [1.29, 1.82) is 0 Å². The van der Waals surface area contributed by atoms with Crippen LogP contribution in [0.5, 0.6) is 23.1 Å². The minimum atomic E-state index is -0.311. The van der Waals surface area contributed by atoms with Gasteiger partial charge < -0.3 is 28.8 Å². The van der Waals surface area contributed by atoms with E-state index in [0.29, 0.717) is 49.1 Å². The lowest BCUT2D eigenvalue weighted by Crippen LogP contribution is -2.37. The Bertz CT molecular complexity index is 823. The van der Waals surface area contributed by atoms with Crippen LogP contribution in [0.15, 0.2) is 24.5 Å².